The number of aryl methyl sites for hydroxylation is 2. The number of benzene rings is 1. The summed E-state index contributed by atoms with van der Waals surface area (Å²) in [6.07, 6.45) is 2.07. The van der Waals surface area contributed by atoms with Crippen molar-refractivity contribution in [1.29, 1.82) is 0 Å². The molecule has 0 fully saturated rings. The van der Waals surface area contributed by atoms with Crippen molar-refractivity contribution in [1.82, 2.24) is 0 Å². The Morgan fingerprint density at radius 3 is 1.47 bits per heavy atom. The summed E-state index contributed by atoms with van der Waals surface area (Å²) in [7, 11) is 0. The zero-order chi connectivity index (χ0) is 15.1. The Morgan fingerprint density at radius 1 is 1.00 bits per heavy atom. The van der Waals surface area contributed by atoms with E-state index in [2.05, 4.69) is 38.1 Å². The number of rotatable bonds is 4. The zero-order valence-electron chi connectivity index (χ0n) is 13.2. The molecule has 0 bridgehead atoms. The maximum atomic E-state index is 10.6. The molecule has 0 aliphatic carbocycles. The van der Waals surface area contributed by atoms with Gasteiger partial charge in [0.25, 0.3) is 0 Å². The molecule has 108 valence electrons. The molecule has 19 heavy (non-hydrogen) atoms. The predicted molar refractivity (Wildman–Crippen MR) is 81.3 cm³/mol. The Labute approximate surface area is 117 Å². The third-order valence-corrected chi connectivity index (χ3v) is 3.88. The summed E-state index contributed by atoms with van der Waals surface area (Å²) >= 11 is 0. The van der Waals surface area contributed by atoms with Crippen LogP contribution in [0.3, 0.4) is 0 Å². The van der Waals surface area contributed by atoms with Crippen molar-refractivity contribution >= 4 is 6.29 Å². The van der Waals surface area contributed by atoms with Crippen molar-refractivity contribution in [3.05, 3.63) is 35.4 Å². The first-order valence-corrected chi connectivity index (χ1v) is 6.94. The molecule has 0 atom stereocenters. The van der Waals surface area contributed by atoms with Gasteiger partial charge in [-0.05, 0) is 26.7 Å². The smallest absolute Gasteiger partial charge is 0.128 e. The van der Waals surface area contributed by atoms with Gasteiger partial charge in [-0.1, -0.05) is 63.1 Å². The van der Waals surface area contributed by atoms with Gasteiger partial charge in [-0.2, -0.15) is 0 Å². The summed E-state index contributed by atoms with van der Waals surface area (Å²) in [5, 5.41) is 9.93. The molecule has 2 heteroatoms. The van der Waals surface area contributed by atoms with Gasteiger partial charge in [0.05, 0.1) is 5.60 Å². The molecular weight excluding hydrogens is 236 g/mol. The van der Waals surface area contributed by atoms with Gasteiger partial charge in [0.2, 0.25) is 0 Å². The van der Waals surface area contributed by atoms with Crippen molar-refractivity contribution < 1.29 is 9.90 Å². The molecule has 1 N–H and O–H groups in total. The number of carbonyl (C=O) groups is 1. The monoisotopic (exact) mass is 264 g/mol. The van der Waals surface area contributed by atoms with Crippen LogP contribution in [0.2, 0.25) is 0 Å². The van der Waals surface area contributed by atoms with Gasteiger partial charge in [0.15, 0.2) is 0 Å². The first kappa shape index (κ1) is 17.8. The zero-order valence-corrected chi connectivity index (χ0v) is 13.2. The van der Waals surface area contributed by atoms with E-state index >= 15 is 0 Å². The predicted octanol–water partition coefficient (Wildman–Crippen LogP) is 4.07. The molecule has 1 rings (SSSR count). The lowest BCUT2D eigenvalue weighted by atomic mass is 9.73. The number of carbonyl (C=O) groups excluding carboxylic acids is 1. The van der Waals surface area contributed by atoms with Gasteiger partial charge < -0.3 is 9.90 Å². The summed E-state index contributed by atoms with van der Waals surface area (Å²) in [6.45, 7) is 11.5. The number of aliphatic hydroxyl groups is 1. The van der Waals surface area contributed by atoms with Crippen molar-refractivity contribution in [2.45, 2.75) is 60.0 Å². The van der Waals surface area contributed by atoms with Gasteiger partial charge >= 0.3 is 0 Å². The molecule has 0 saturated heterocycles. The third kappa shape index (κ3) is 5.15. The van der Waals surface area contributed by atoms with Crippen LogP contribution in [0.5, 0.6) is 0 Å². The molecule has 0 aliphatic rings. The lowest BCUT2D eigenvalue weighted by Gasteiger charge is -2.37. The maximum absolute atomic E-state index is 10.6. The Bertz CT molecular complexity index is 352. The van der Waals surface area contributed by atoms with Crippen molar-refractivity contribution in [3.8, 4) is 0 Å². The standard InChI is InChI=1S/C9H18O2.C8H10/c1-5-9(11,6-2)8(3,4)7-10;1-7-3-5-8(2)6-4-7/h7,11H,5-6H2,1-4H3;3-6H,1-2H3. The van der Waals surface area contributed by atoms with E-state index in [4.69, 9.17) is 0 Å². The molecule has 0 spiro atoms. The normalized spacial score (nSPS) is 11.5. The van der Waals surface area contributed by atoms with Crippen molar-refractivity contribution in [3.63, 3.8) is 0 Å². The molecule has 0 heterocycles. The molecule has 0 aromatic heterocycles. The molecule has 1 aromatic carbocycles. The van der Waals surface area contributed by atoms with Gasteiger partial charge in [-0.25, -0.2) is 0 Å². The fourth-order valence-corrected chi connectivity index (χ4v) is 1.91. The first-order valence-electron chi connectivity index (χ1n) is 6.94. The Morgan fingerprint density at radius 2 is 1.32 bits per heavy atom. The minimum Gasteiger partial charge on any atom is -0.389 e. The maximum Gasteiger partial charge on any atom is 0.128 e. The van der Waals surface area contributed by atoms with Crippen LogP contribution in [0.4, 0.5) is 0 Å². The second-order valence-corrected chi connectivity index (χ2v) is 5.73. The lowest BCUT2D eigenvalue weighted by Crippen LogP contribution is -2.44. The van der Waals surface area contributed by atoms with Crippen molar-refractivity contribution in [2.24, 2.45) is 5.41 Å². The highest BCUT2D eigenvalue weighted by molar-refractivity contribution is 5.60. The summed E-state index contributed by atoms with van der Waals surface area (Å²) in [5.41, 5.74) is 1.19. The summed E-state index contributed by atoms with van der Waals surface area (Å²) in [5.74, 6) is 0. The first-order chi connectivity index (χ1) is 8.72. The largest absolute Gasteiger partial charge is 0.389 e. The minimum atomic E-state index is -0.839. The van der Waals surface area contributed by atoms with E-state index in [1.54, 1.807) is 13.8 Å². The van der Waals surface area contributed by atoms with Gasteiger partial charge in [0.1, 0.15) is 6.29 Å². The van der Waals surface area contributed by atoms with Crippen LogP contribution in [-0.2, 0) is 4.79 Å². The molecular formula is C17H28O2. The Balaban J connectivity index is 0.000000356. The Hall–Kier alpha value is -1.15. The average molecular weight is 264 g/mol. The van der Waals surface area contributed by atoms with E-state index < -0.39 is 11.0 Å². The molecule has 2 nitrogen and oxygen atoms in total. The number of hydrogen-bond donors (Lipinski definition) is 1. The molecule has 0 amide bonds. The molecule has 0 radical (unpaired) electrons. The fourth-order valence-electron chi connectivity index (χ4n) is 1.91. The van der Waals surface area contributed by atoms with Crippen LogP contribution >= 0.6 is 0 Å². The SMILES string of the molecule is CCC(O)(CC)C(C)(C)C=O.Cc1ccc(C)cc1. The van der Waals surface area contributed by atoms with Crippen molar-refractivity contribution in [2.75, 3.05) is 0 Å². The third-order valence-electron chi connectivity index (χ3n) is 3.88. The van der Waals surface area contributed by atoms with E-state index in [0.29, 0.717) is 12.8 Å². The minimum absolute atomic E-state index is 0.620. The van der Waals surface area contributed by atoms with Crippen LogP contribution in [0.15, 0.2) is 24.3 Å². The van der Waals surface area contributed by atoms with E-state index in [0.717, 1.165) is 6.29 Å². The average Bonchev–Trinajstić information content (AvgIpc) is 2.41. The molecule has 0 saturated carbocycles. The van der Waals surface area contributed by atoms with E-state index in [1.807, 2.05) is 13.8 Å². The second-order valence-electron chi connectivity index (χ2n) is 5.73. The summed E-state index contributed by atoms with van der Waals surface area (Å²) in [6, 6.07) is 8.48. The van der Waals surface area contributed by atoms with E-state index in [9.17, 15) is 9.90 Å². The summed E-state index contributed by atoms with van der Waals surface area (Å²) in [4.78, 5) is 10.6. The van der Waals surface area contributed by atoms with E-state index in [-0.39, 0.29) is 0 Å². The molecule has 0 aliphatic heterocycles. The quantitative estimate of drug-likeness (QED) is 0.832. The second kappa shape index (κ2) is 7.44. The van der Waals surface area contributed by atoms with Crippen LogP contribution in [0.25, 0.3) is 0 Å². The van der Waals surface area contributed by atoms with Gasteiger partial charge in [-0.15, -0.1) is 0 Å². The fraction of sp³-hybridized carbons (Fsp3) is 0.588. The molecule has 0 unspecified atom stereocenters. The lowest BCUT2D eigenvalue weighted by molar-refractivity contribution is -0.132. The molecule has 1 aromatic rings. The topological polar surface area (TPSA) is 37.3 Å². The van der Waals surface area contributed by atoms with Crippen LogP contribution < -0.4 is 0 Å². The highest BCUT2D eigenvalue weighted by Gasteiger charge is 2.40. The highest BCUT2D eigenvalue weighted by atomic mass is 16.3. The number of hydrogen-bond acceptors (Lipinski definition) is 2. The van der Waals surface area contributed by atoms with E-state index in [1.165, 1.54) is 11.1 Å². The highest BCUT2D eigenvalue weighted by Crippen LogP contribution is 2.34. The Kier molecular flexibility index (Phi) is 6.99. The van der Waals surface area contributed by atoms with Crippen LogP contribution in [-0.4, -0.2) is 17.0 Å². The van der Waals surface area contributed by atoms with Gasteiger partial charge in [-0.3, -0.25) is 0 Å². The van der Waals surface area contributed by atoms with Gasteiger partial charge in [0, 0.05) is 5.41 Å². The van der Waals surface area contributed by atoms with Crippen LogP contribution in [0, 0.1) is 19.3 Å². The van der Waals surface area contributed by atoms with Crippen LogP contribution in [0.1, 0.15) is 51.7 Å². The number of aldehydes is 1. The summed E-state index contributed by atoms with van der Waals surface area (Å²) < 4.78 is 0.